The molecule has 0 unspecified atom stereocenters. The van der Waals surface area contributed by atoms with Gasteiger partial charge in [0.15, 0.2) is 0 Å². The number of benzene rings is 3. The third-order valence-corrected chi connectivity index (χ3v) is 5.40. The second kappa shape index (κ2) is 12.1. The van der Waals surface area contributed by atoms with Gasteiger partial charge in [-0.25, -0.2) is 0 Å². The highest BCUT2D eigenvalue weighted by atomic mass is 79.9. The van der Waals surface area contributed by atoms with Gasteiger partial charge in [-0.05, 0) is 48.7 Å². The third kappa shape index (κ3) is 6.69. The van der Waals surface area contributed by atoms with Crippen LogP contribution in [0.4, 0.5) is 5.69 Å². The van der Waals surface area contributed by atoms with Crippen molar-refractivity contribution in [3.63, 3.8) is 0 Å². The molecule has 3 aromatic carbocycles. The summed E-state index contributed by atoms with van der Waals surface area (Å²) < 4.78 is 6.58. The van der Waals surface area contributed by atoms with E-state index in [2.05, 4.69) is 33.5 Å². The van der Waals surface area contributed by atoms with Crippen molar-refractivity contribution in [2.45, 2.75) is 26.2 Å². The number of nitrogens with one attached hydrogen (secondary N) is 2. The fourth-order valence-electron chi connectivity index (χ4n) is 3.17. The van der Waals surface area contributed by atoms with E-state index in [-0.39, 0.29) is 11.8 Å². The monoisotopic (exact) mass is 494 g/mol. The van der Waals surface area contributed by atoms with Crippen LogP contribution in [0, 0.1) is 0 Å². The zero-order valence-corrected chi connectivity index (χ0v) is 19.7. The molecule has 3 aromatic rings. The lowest BCUT2D eigenvalue weighted by Gasteiger charge is -2.14. The molecule has 32 heavy (non-hydrogen) atoms. The summed E-state index contributed by atoms with van der Waals surface area (Å²) in [7, 11) is 0. The van der Waals surface area contributed by atoms with E-state index in [0.717, 1.165) is 29.3 Å². The quantitative estimate of drug-likeness (QED) is 0.347. The van der Waals surface area contributed by atoms with Crippen molar-refractivity contribution in [2.75, 3.05) is 18.5 Å². The SMILES string of the molecule is CCCCOc1ccc(Br)cc1C(=O)Nc1ccccc1C(=O)NCCc1ccccc1. The number of ether oxygens (including phenoxy) is 1. The molecule has 6 heteroatoms. The Balaban J connectivity index is 1.70. The van der Waals surface area contributed by atoms with E-state index in [1.54, 1.807) is 36.4 Å². The number of carbonyl (C=O) groups excluding carboxylic acids is 2. The Bertz CT molecular complexity index is 1050. The number of anilines is 1. The van der Waals surface area contributed by atoms with Crippen LogP contribution in [-0.2, 0) is 6.42 Å². The number of hydrogen-bond acceptors (Lipinski definition) is 3. The number of halogens is 1. The predicted molar refractivity (Wildman–Crippen MR) is 131 cm³/mol. The van der Waals surface area contributed by atoms with Crippen LogP contribution < -0.4 is 15.4 Å². The number of unbranched alkanes of at least 4 members (excludes halogenated alkanes) is 1. The van der Waals surface area contributed by atoms with Crippen molar-refractivity contribution in [1.82, 2.24) is 5.32 Å². The number of rotatable bonds is 10. The molecule has 2 amide bonds. The van der Waals surface area contributed by atoms with Gasteiger partial charge < -0.3 is 15.4 Å². The molecule has 0 aromatic heterocycles. The van der Waals surface area contributed by atoms with Crippen LogP contribution in [0.15, 0.2) is 77.3 Å². The topological polar surface area (TPSA) is 67.4 Å². The second-order valence-electron chi connectivity index (χ2n) is 7.33. The van der Waals surface area contributed by atoms with E-state index in [4.69, 9.17) is 4.74 Å². The van der Waals surface area contributed by atoms with E-state index in [0.29, 0.717) is 35.7 Å². The molecule has 0 fully saturated rings. The van der Waals surface area contributed by atoms with Gasteiger partial charge in [-0.3, -0.25) is 9.59 Å². The zero-order chi connectivity index (χ0) is 22.8. The Kier molecular flexibility index (Phi) is 8.87. The highest BCUT2D eigenvalue weighted by Crippen LogP contribution is 2.25. The van der Waals surface area contributed by atoms with Crippen LogP contribution in [-0.4, -0.2) is 25.0 Å². The molecule has 2 N–H and O–H groups in total. The summed E-state index contributed by atoms with van der Waals surface area (Å²) in [6.07, 6.45) is 2.64. The fourth-order valence-corrected chi connectivity index (χ4v) is 3.53. The van der Waals surface area contributed by atoms with Crippen molar-refractivity contribution in [3.8, 4) is 5.75 Å². The lowest BCUT2D eigenvalue weighted by Crippen LogP contribution is -2.27. The minimum atomic E-state index is -0.331. The molecule has 0 saturated heterocycles. The maximum Gasteiger partial charge on any atom is 0.259 e. The third-order valence-electron chi connectivity index (χ3n) is 4.90. The van der Waals surface area contributed by atoms with Gasteiger partial charge in [0.25, 0.3) is 11.8 Å². The van der Waals surface area contributed by atoms with Gasteiger partial charge in [-0.2, -0.15) is 0 Å². The van der Waals surface area contributed by atoms with E-state index in [1.807, 2.05) is 36.4 Å². The summed E-state index contributed by atoms with van der Waals surface area (Å²) >= 11 is 3.42. The summed E-state index contributed by atoms with van der Waals surface area (Å²) in [5.74, 6) is -0.0447. The number of para-hydroxylation sites is 1. The molecule has 0 atom stereocenters. The maximum atomic E-state index is 13.1. The van der Waals surface area contributed by atoms with Crippen molar-refractivity contribution in [3.05, 3.63) is 94.0 Å². The predicted octanol–water partition coefficient (Wildman–Crippen LogP) is 5.85. The largest absolute Gasteiger partial charge is 0.493 e. The number of carbonyl (C=O) groups is 2. The Morgan fingerprint density at radius 3 is 2.44 bits per heavy atom. The van der Waals surface area contributed by atoms with Gasteiger partial charge >= 0.3 is 0 Å². The van der Waals surface area contributed by atoms with Gasteiger partial charge in [-0.1, -0.05) is 71.7 Å². The van der Waals surface area contributed by atoms with Crippen molar-refractivity contribution >= 4 is 33.4 Å². The molecule has 0 radical (unpaired) electrons. The Hall–Kier alpha value is -3.12. The first-order valence-corrected chi connectivity index (χ1v) is 11.5. The molecule has 0 heterocycles. The summed E-state index contributed by atoms with van der Waals surface area (Å²) in [5, 5.41) is 5.81. The van der Waals surface area contributed by atoms with Crippen molar-refractivity contribution in [1.29, 1.82) is 0 Å². The van der Waals surface area contributed by atoms with Crippen LogP contribution in [0.25, 0.3) is 0 Å². The molecule has 0 aliphatic heterocycles. The summed E-state index contributed by atoms with van der Waals surface area (Å²) in [4.78, 5) is 25.8. The van der Waals surface area contributed by atoms with E-state index >= 15 is 0 Å². The summed E-state index contributed by atoms with van der Waals surface area (Å²) in [6.45, 7) is 3.13. The van der Waals surface area contributed by atoms with Crippen LogP contribution in [0.3, 0.4) is 0 Å². The average molecular weight is 495 g/mol. The van der Waals surface area contributed by atoms with Crippen LogP contribution >= 0.6 is 15.9 Å². The maximum absolute atomic E-state index is 13.1. The average Bonchev–Trinajstić information content (AvgIpc) is 2.81. The lowest BCUT2D eigenvalue weighted by molar-refractivity contribution is 0.0955. The highest BCUT2D eigenvalue weighted by Gasteiger charge is 2.17. The normalized spacial score (nSPS) is 10.4. The standard InChI is InChI=1S/C26H27BrN2O3/c1-2-3-17-32-24-14-13-20(27)18-22(24)26(31)29-23-12-8-7-11-21(23)25(30)28-16-15-19-9-5-4-6-10-19/h4-14,18H,2-3,15-17H2,1H3,(H,28,30)(H,29,31). The first kappa shape index (κ1) is 23.5. The fraction of sp³-hybridized carbons (Fsp3) is 0.231. The molecular formula is C26H27BrN2O3. The van der Waals surface area contributed by atoms with Crippen molar-refractivity contribution in [2.24, 2.45) is 0 Å². The minimum absolute atomic E-state index is 0.231. The van der Waals surface area contributed by atoms with E-state index in [1.165, 1.54) is 0 Å². The van der Waals surface area contributed by atoms with Crippen LogP contribution in [0.2, 0.25) is 0 Å². The van der Waals surface area contributed by atoms with Gasteiger partial charge in [0, 0.05) is 11.0 Å². The first-order valence-electron chi connectivity index (χ1n) is 10.7. The smallest absolute Gasteiger partial charge is 0.259 e. The van der Waals surface area contributed by atoms with Gasteiger partial charge in [-0.15, -0.1) is 0 Å². The van der Waals surface area contributed by atoms with Gasteiger partial charge in [0.2, 0.25) is 0 Å². The molecule has 5 nitrogen and oxygen atoms in total. The molecule has 3 rings (SSSR count). The first-order chi connectivity index (χ1) is 15.6. The van der Waals surface area contributed by atoms with E-state index < -0.39 is 0 Å². The summed E-state index contributed by atoms with van der Waals surface area (Å²) in [6, 6.07) is 22.3. The molecule has 0 saturated carbocycles. The van der Waals surface area contributed by atoms with Crippen LogP contribution in [0.1, 0.15) is 46.0 Å². The van der Waals surface area contributed by atoms with Crippen LogP contribution in [0.5, 0.6) is 5.75 Å². The molecule has 0 aliphatic rings. The Morgan fingerprint density at radius 2 is 1.66 bits per heavy atom. The Labute approximate surface area is 197 Å². The molecule has 0 aliphatic carbocycles. The van der Waals surface area contributed by atoms with Crippen molar-refractivity contribution < 1.29 is 14.3 Å². The Morgan fingerprint density at radius 1 is 0.906 bits per heavy atom. The van der Waals surface area contributed by atoms with Gasteiger partial charge in [0.05, 0.1) is 23.4 Å². The van der Waals surface area contributed by atoms with E-state index in [9.17, 15) is 9.59 Å². The van der Waals surface area contributed by atoms with Gasteiger partial charge in [0.1, 0.15) is 5.75 Å². The number of hydrogen-bond donors (Lipinski definition) is 2. The molecule has 166 valence electrons. The lowest BCUT2D eigenvalue weighted by atomic mass is 10.1. The molecule has 0 spiro atoms. The molecule has 0 bridgehead atoms. The second-order valence-corrected chi connectivity index (χ2v) is 8.25. The highest BCUT2D eigenvalue weighted by molar-refractivity contribution is 9.10. The minimum Gasteiger partial charge on any atom is -0.493 e. The summed E-state index contributed by atoms with van der Waals surface area (Å²) in [5.41, 5.74) is 2.43. The zero-order valence-electron chi connectivity index (χ0n) is 18.1. The number of amides is 2. The molecular weight excluding hydrogens is 468 g/mol.